The summed E-state index contributed by atoms with van der Waals surface area (Å²) in [6.45, 7) is -0.711. The van der Waals surface area contributed by atoms with Crippen LogP contribution < -0.4 is 19.5 Å². The van der Waals surface area contributed by atoms with Crippen LogP contribution in [0.15, 0.2) is 48.5 Å². The van der Waals surface area contributed by atoms with E-state index < -0.39 is 12.5 Å². The Balaban J connectivity index is 2.18. The van der Waals surface area contributed by atoms with E-state index in [4.69, 9.17) is 9.47 Å². The topological polar surface area (TPSA) is 56.8 Å². The van der Waals surface area contributed by atoms with Crippen LogP contribution in [-0.4, -0.2) is 26.2 Å². The summed E-state index contributed by atoms with van der Waals surface area (Å²) in [7, 11) is 1.35. The van der Waals surface area contributed by atoms with Crippen LogP contribution in [0, 0.1) is 0 Å². The summed E-state index contributed by atoms with van der Waals surface area (Å²) in [5.41, 5.74) is 0.802. The first-order valence-electron chi connectivity index (χ1n) is 7.87. The Kier molecular flexibility index (Phi) is 6.96. The van der Waals surface area contributed by atoms with Gasteiger partial charge in [0.05, 0.1) is 19.4 Å². The first-order valence-corrected chi connectivity index (χ1v) is 7.87. The Hall–Kier alpha value is -3.09. The summed E-state index contributed by atoms with van der Waals surface area (Å²) in [6, 6.07) is 11.6. The quantitative estimate of drug-likeness (QED) is 0.709. The van der Waals surface area contributed by atoms with Crippen LogP contribution in [0.2, 0.25) is 0 Å². The predicted octanol–water partition coefficient (Wildman–Crippen LogP) is 4.35. The Bertz CT molecular complexity index is 778. The first kappa shape index (κ1) is 19.2. The lowest BCUT2D eigenvalue weighted by Gasteiger charge is -2.12. The number of carbonyl (C=O) groups excluding carboxylic acids is 1. The number of ether oxygens (including phenoxy) is 3. The lowest BCUT2D eigenvalue weighted by atomic mass is 10.1. The third-order valence-electron chi connectivity index (χ3n) is 3.30. The molecule has 26 heavy (non-hydrogen) atoms. The summed E-state index contributed by atoms with van der Waals surface area (Å²) in [5, 5.41) is 2.68. The minimum Gasteiger partial charge on any atom is -0.493 e. The number of hydrogen-bond donors (Lipinski definition) is 1. The van der Waals surface area contributed by atoms with E-state index in [1.165, 1.54) is 31.4 Å². The Morgan fingerprint density at radius 2 is 1.88 bits per heavy atom. The van der Waals surface area contributed by atoms with Gasteiger partial charge in [-0.1, -0.05) is 24.3 Å². The van der Waals surface area contributed by atoms with Crippen molar-refractivity contribution < 1.29 is 27.8 Å². The lowest BCUT2D eigenvalue weighted by Crippen LogP contribution is -2.09. The van der Waals surface area contributed by atoms with Gasteiger partial charge in [0.1, 0.15) is 5.75 Å². The maximum absolute atomic E-state index is 12.6. The van der Waals surface area contributed by atoms with Gasteiger partial charge in [0.15, 0.2) is 11.5 Å². The Morgan fingerprint density at radius 3 is 2.58 bits per heavy atom. The second-order valence-electron chi connectivity index (χ2n) is 5.01. The van der Waals surface area contributed by atoms with Crippen molar-refractivity contribution in [1.29, 1.82) is 0 Å². The second kappa shape index (κ2) is 9.41. The number of para-hydroxylation sites is 3. The van der Waals surface area contributed by atoms with Gasteiger partial charge in [-0.15, -0.1) is 0 Å². The molecule has 0 atom stereocenters. The molecule has 0 aliphatic carbocycles. The van der Waals surface area contributed by atoms with Crippen molar-refractivity contribution in [3.63, 3.8) is 0 Å². The molecule has 138 valence electrons. The highest BCUT2D eigenvalue weighted by atomic mass is 19.3. The average Bonchev–Trinajstić information content (AvgIpc) is 2.62. The highest BCUT2D eigenvalue weighted by Gasteiger charge is 2.14. The van der Waals surface area contributed by atoms with Crippen molar-refractivity contribution in [1.82, 2.24) is 0 Å². The van der Waals surface area contributed by atoms with Crippen molar-refractivity contribution in [3.05, 3.63) is 54.1 Å². The van der Waals surface area contributed by atoms with Crippen molar-refractivity contribution >= 4 is 17.7 Å². The van der Waals surface area contributed by atoms with E-state index in [1.54, 1.807) is 30.3 Å². The smallest absolute Gasteiger partial charge is 0.387 e. The normalized spacial score (nSPS) is 10.8. The zero-order valence-corrected chi connectivity index (χ0v) is 14.4. The van der Waals surface area contributed by atoms with Gasteiger partial charge in [-0.05, 0) is 31.2 Å². The number of methoxy groups -OCH3 is 1. The molecule has 0 spiro atoms. The van der Waals surface area contributed by atoms with Gasteiger partial charge in [-0.25, -0.2) is 0 Å². The van der Waals surface area contributed by atoms with E-state index in [9.17, 15) is 13.6 Å². The van der Waals surface area contributed by atoms with E-state index in [-0.39, 0.29) is 17.1 Å². The monoisotopic (exact) mass is 363 g/mol. The third-order valence-corrected chi connectivity index (χ3v) is 3.30. The van der Waals surface area contributed by atoms with Crippen LogP contribution in [-0.2, 0) is 4.79 Å². The molecule has 0 aliphatic rings. The molecule has 5 nitrogen and oxygen atoms in total. The minimum atomic E-state index is -3.01. The molecule has 0 fully saturated rings. The number of halogens is 2. The molecule has 1 N–H and O–H groups in total. The summed E-state index contributed by atoms with van der Waals surface area (Å²) >= 11 is 0. The first-order chi connectivity index (χ1) is 12.5. The minimum absolute atomic E-state index is 0.135. The highest BCUT2D eigenvalue weighted by Crippen LogP contribution is 2.33. The molecule has 0 heterocycles. The van der Waals surface area contributed by atoms with Gasteiger partial charge >= 0.3 is 6.61 Å². The maximum Gasteiger partial charge on any atom is 0.387 e. The standard InChI is InChI=1S/C19H19F2NO4/c1-3-25-15-9-5-4-8-14(15)22-17(23)12-11-13-7-6-10-16(24-2)18(13)26-19(20)21/h4-12,19H,3H2,1-2H3,(H,22,23)/b12-11+. The van der Waals surface area contributed by atoms with Gasteiger partial charge in [0.25, 0.3) is 0 Å². The summed E-state index contributed by atoms with van der Waals surface area (Å²) in [4.78, 5) is 12.2. The van der Waals surface area contributed by atoms with Crippen LogP contribution >= 0.6 is 0 Å². The van der Waals surface area contributed by atoms with E-state index >= 15 is 0 Å². The fourth-order valence-electron chi connectivity index (χ4n) is 2.23. The maximum atomic E-state index is 12.6. The van der Waals surface area contributed by atoms with Crippen LogP contribution in [0.25, 0.3) is 6.08 Å². The molecular formula is C19H19F2NO4. The molecule has 1 amide bonds. The summed E-state index contributed by atoms with van der Waals surface area (Å²) < 4.78 is 40.2. The average molecular weight is 363 g/mol. The largest absolute Gasteiger partial charge is 0.493 e. The molecule has 2 rings (SSSR count). The molecule has 0 aliphatic heterocycles. The van der Waals surface area contributed by atoms with Crippen LogP contribution in [0.5, 0.6) is 17.2 Å². The summed E-state index contributed by atoms with van der Waals surface area (Å²) in [6.07, 6.45) is 2.59. The van der Waals surface area contributed by atoms with Gasteiger partial charge in [0.2, 0.25) is 5.91 Å². The molecule has 2 aromatic rings. The van der Waals surface area contributed by atoms with E-state index in [0.717, 1.165) is 0 Å². The number of hydrogen-bond acceptors (Lipinski definition) is 4. The molecule has 2 aromatic carbocycles. The second-order valence-corrected chi connectivity index (χ2v) is 5.01. The fraction of sp³-hybridized carbons (Fsp3) is 0.211. The number of anilines is 1. The Morgan fingerprint density at radius 1 is 1.15 bits per heavy atom. The van der Waals surface area contributed by atoms with Crippen LogP contribution in [0.1, 0.15) is 12.5 Å². The summed E-state index contributed by atoms with van der Waals surface area (Å²) in [5.74, 6) is 0.112. The number of alkyl halides is 2. The van der Waals surface area contributed by atoms with E-state index in [0.29, 0.717) is 18.0 Å². The van der Waals surface area contributed by atoms with Crippen molar-refractivity contribution in [2.24, 2.45) is 0 Å². The molecule has 0 unspecified atom stereocenters. The van der Waals surface area contributed by atoms with Crippen molar-refractivity contribution in [2.45, 2.75) is 13.5 Å². The predicted molar refractivity (Wildman–Crippen MR) is 94.9 cm³/mol. The number of amides is 1. The number of rotatable bonds is 8. The van der Waals surface area contributed by atoms with Gasteiger partial charge in [-0.3, -0.25) is 4.79 Å². The van der Waals surface area contributed by atoms with Crippen molar-refractivity contribution in [3.8, 4) is 17.2 Å². The molecule has 7 heteroatoms. The van der Waals surface area contributed by atoms with Gasteiger partial charge < -0.3 is 19.5 Å². The fourth-order valence-corrected chi connectivity index (χ4v) is 2.23. The number of nitrogens with one attached hydrogen (secondary N) is 1. The zero-order chi connectivity index (χ0) is 18.9. The van der Waals surface area contributed by atoms with Crippen molar-refractivity contribution in [2.75, 3.05) is 19.0 Å². The van der Waals surface area contributed by atoms with Crippen LogP contribution in [0.4, 0.5) is 14.5 Å². The zero-order valence-electron chi connectivity index (χ0n) is 14.4. The molecule has 0 bridgehead atoms. The van der Waals surface area contributed by atoms with Gasteiger partial charge in [-0.2, -0.15) is 8.78 Å². The number of benzene rings is 2. The third kappa shape index (κ3) is 5.20. The SMILES string of the molecule is CCOc1ccccc1NC(=O)/C=C/c1cccc(OC)c1OC(F)F. The molecule has 0 saturated carbocycles. The highest BCUT2D eigenvalue weighted by molar-refractivity contribution is 6.03. The molecule has 0 aromatic heterocycles. The van der Waals surface area contributed by atoms with Gasteiger partial charge in [0, 0.05) is 11.6 Å². The van der Waals surface area contributed by atoms with E-state index in [1.807, 2.05) is 6.92 Å². The Labute approximate surface area is 150 Å². The lowest BCUT2D eigenvalue weighted by molar-refractivity contribution is -0.111. The van der Waals surface area contributed by atoms with E-state index in [2.05, 4.69) is 10.1 Å². The molecule has 0 saturated heterocycles. The number of carbonyl (C=O) groups is 1. The van der Waals surface area contributed by atoms with Crippen LogP contribution in [0.3, 0.4) is 0 Å². The molecule has 0 radical (unpaired) electrons. The molecular weight excluding hydrogens is 344 g/mol.